The number of likely N-dealkylation sites (tertiary alicyclic amines) is 1. The number of aromatic nitrogens is 2. The van der Waals surface area contributed by atoms with Gasteiger partial charge in [0.05, 0.1) is 11.3 Å². The van der Waals surface area contributed by atoms with Crippen molar-refractivity contribution in [3.8, 4) is 0 Å². The van der Waals surface area contributed by atoms with Gasteiger partial charge in [-0.2, -0.15) is 5.10 Å². The highest BCUT2D eigenvalue weighted by Gasteiger charge is 2.28. The van der Waals surface area contributed by atoms with Crippen molar-refractivity contribution >= 4 is 17.5 Å². The molecule has 2 rings (SSSR count). The van der Waals surface area contributed by atoms with Gasteiger partial charge in [-0.25, -0.2) is 0 Å². The summed E-state index contributed by atoms with van der Waals surface area (Å²) in [6.07, 6.45) is 2.14. The zero-order valence-corrected chi connectivity index (χ0v) is 12.5. The van der Waals surface area contributed by atoms with Crippen LogP contribution in [0.3, 0.4) is 0 Å². The fourth-order valence-corrected chi connectivity index (χ4v) is 2.94. The second kappa shape index (κ2) is 5.92. The molecule has 1 fully saturated rings. The molecule has 5 nitrogen and oxygen atoms in total. The average Bonchev–Trinajstić information content (AvgIpc) is 2.72. The first-order valence-electron chi connectivity index (χ1n) is 6.77. The van der Waals surface area contributed by atoms with Gasteiger partial charge in [0.2, 0.25) is 0 Å². The second-order valence-electron chi connectivity index (χ2n) is 4.95. The molecule has 0 aromatic carbocycles. The number of nitrogens with one attached hydrogen (secondary N) is 1. The number of carbonyl (C=O) groups is 1. The highest BCUT2D eigenvalue weighted by atomic mass is 35.5. The van der Waals surface area contributed by atoms with E-state index in [2.05, 4.69) is 10.4 Å². The van der Waals surface area contributed by atoms with Gasteiger partial charge in [-0.3, -0.25) is 9.48 Å². The Bertz CT molecular complexity index is 471. The highest BCUT2D eigenvalue weighted by molar-refractivity contribution is 6.33. The number of halogens is 1. The maximum Gasteiger partial charge on any atom is 0.258 e. The molecule has 1 N–H and O–H groups in total. The summed E-state index contributed by atoms with van der Waals surface area (Å²) in [5, 5.41) is 8.00. The summed E-state index contributed by atoms with van der Waals surface area (Å²) in [5.41, 5.74) is 1.27. The van der Waals surface area contributed by atoms with E-state index in [1.54, 1.807) is 4.68 Å². The molecule has 1 aromatic heterocycles. The molecule has 0 aliphatic carbocycles. The first-order chi connectivity index (χ1) is 9.08. The molecule has 1 amide bonds. The van der Waals surface area contributed by atoms with Crippen molar-refractivity contribution in [1.29, 1.82) is 0 Å². The van der Waals surface area contributed by atoms with Crippen molar-refractivity contribution in [3.63, 3.8) is 0 Å². The molecule has 0 radical (unpaired) electrons. The first-order valence-corrected chi connectivity index (χ1v) is 7.15. The van der Waals surface area contributed by atoms with Crippen LogP contribution in [0, 0.1) is 6.92 Å². The molecule has 106 valence electrons. The number of rotatable bonds is 3. The van der Waals surface area contributed by atoms with Crippen molar-refractivity contribution < 1.29 is 4.79 Å². The zero-order valence-electron chi connectivity index (χ0n) is 11.7. The lowest BCUT2D eigenvalue weighted by Gasteiger charge is -2.32. The second-order valence-corrected chi connectivity index (χ2v) is 5.30. The molecular weight excluding hydrogens is 264 g/mol. The summed E-state index contributed by atoms with van der Waals surface area (Å²) in [5.74, 6) is 0.00199. The monoisotopic (exact) mass is 284 g/mol. The van der Waals surface area contributed by atoms with E-state index < -0.39 is 0 Å². The van der Waals surface area contributed by atoms with Crippen LogP contribution in [-0.4, -0.2) is 46.8 Å². The molecule has 2 heterocycles. The van der Waals surface area contributed by atoms with Crippen LogP contribution >= 0.6 is 11.6 Å². The molecule has 1 aromatic rings. The fraction of sp³-hybridized carbons (Fsp3) is 0.692. The van der Waals surface area contributed by atoms with Crippen molar-refractivity contribution in [2.24, 2.45) is 0 Å². The molecule has 1 saturated heterocycles. The van der Waals surface area contributed by atoms with E-state index in [-0.39, 0.29) is 5.91 Å². The lowest BCUT2D eigenvalue weighted by molar-refractivity contribution is 0.0697. The van der Waals surface area contributed by atoms with Gasteiger partial charge >= 0.3 is 0 Å². The van der Waals surface area contributed by atoms with Crippen LogP contribution in [0.1, 0.15) is 35.8 Å². The minimum Gasteiger partial charge on any atom is -0.337 e. The average molecular weight is 285 g/mol. The van der Waals surface area contributed by atoms with Crippen molar-refractivity contribution in [2.75, 3.05) is 20.1 Å². The van der Waals surface area contributed by atoms with E-state index >= 15 is 0 Å². The molecule has 19 heavy (non-hydrogen) atoms. The SMILES string of the molecule is CCn1nc(C)c(C(=O)N2CCCC(NC)C2)c1Cl. The van der Waals surface area contributed by atoms with Gasteiger partial charge in [-0.15, -0.1) is 0 Å². The van der Waals surface area contributed by atoms with Crippen molar-refractivity contribution in [3.05, 3.63) is 16.4 Å². The summed E-state index contributed by atoms with van der Waals surface area (Å²) in [6.45, 7) is 6.01. The van der Waals surface area contributed by atoms with Gasteiger partial charge in [-0.05, 0) is 33.7 Å². The summed E-state index contributed by atoms with van der Waals surface area (Å²) in [4.78, 5) is 14.5. The van der Waals surface area contributed by atoms with Crippen LogP contribution in [0.4, 0.5) is 0 Å². The molecule has 0 bridgehead atoms. The van der Waals surface area contributed by atoms with Crippen LogP contribution < -0.4 is 5.32 Å². The van der Waals surface area contributed by atoms with Crippen LogP contribution in [-0.2, 0) is 6.54 Å². The van der Waals surface area contributed by atoms with Gasteiger partial charge in [0.1, 0.15) is 5.15 Å². The molecule has 0 spiro atoms. The lowest BCUT2D eigenvalue weighted by atomic mass is 10.0. The first kappa shape index (κ1) is 14.3. The minimum absolute atomic E-state index is 0.00199. The largest absolute Gasteiger partial charge is 0.337 e. The maximum absolute atomic E-state index is 12.6. The Labute approximate surface area is 118 Å². The smallest absolute Gasteiger partial charge is 0.258 e. The Morgan fingerprint density at radius 3 is 2.89 bits per heavy atom. The molecule has 1 aliphatic rings. The lowest BCUT2D eigenvalue weighted by Crippen LogP contribution is -2.47. The molecule has 1 unspecified atom stereocenters. The molecule has 0 saturated carbocycles. The Morgan fingerprint density at radius 2 is 2.32 bits per heavy atom. The molecule has 1 atom stereocenters. The van der Waals surface area contributed by atoms with E-state index in [4.69, 9.17) is 11.6 Å². The zero-order chi connectivity index (χ0) is 14.0. The topological polar surface area (TPSA) is 50.2 Å². The third-order valence-corrected chi connectivity index (χ3v) is 4.08. The van der Waals surface area contributed by atoms with Gasteiger partial charge in [0.25, 0.3) is 5.91 Å². The standard InChI is InChI=1S/C13H21ClN4O/c1-4-18-12(14)11(9(2)16-18)13(19)17-7-5-6-10(8-17)15-3/h10,15H,4-8H2,1-3H3. The number of aryl methyl sites for hydroxylation is 2. The maximum atomic E-state index is 12.6. The van der Waals surface area contributed by atoms with Crippen LogP contribution in [0.2, 0.25) is 5.15 Å². The predicted molar refractivity (Wildman–Crippen MR) is 75.6 cm³/mol. The third kappa shape index (κ3) is 2.77. The number of amides is 1. The normalized spacial score (nSPS) is 19.8. The molecular formula is C13H21ClN4O. The summed E-state index contributed by atoms with van der Waals surface area (Å²) in [7, 11) is 1.94. The van der Waals surface area contributed by atoms with Crippen molar-refractivity contribution in [2.45, 2.75) is 39.3 Å². The van der Waals surface area contributed by atoms with E-state index in [9.17, 15) is 4.79 Å². The fourth-order valence-electron chi connectivity index (χ4n) is 2.56. The van der Waals surface area contributed by atoms with E-state index in [1.165, 1.54) is 0 Å². The van der Waals surface area contributed by atoms with E-state index in [1.807, 2.05) is 25.8 Å². The third-order valence-electron chi connectivity index (χ3n) is 3.70. The number of hydrogen-bond donors (Lipinski definition) is 1. The quantitative estimate of drug-likeness (QED) is 0.919. The van der Waals surface area contributed by atoms with Gasteiger partial charge in [-0.1, -0.05) is 11.6 Å². The van der Waals surface area contributed by atoms with Crippen LogP contribution in [0.15, 0.2) is 0 Å². The van der Waals surface area contributed by atoms with Crippen LogP contribution in [0.25, 0.3) is 0 Å². The number of likely N-dealkylation sites (N-methyl/N-ethyl adjacent to an activating group) is 1. The summed E-state index contributed by atoms with van der Waals surface area (Å²) < 4.78 is 1.67. The minimum atomic E-state index is 0.00199. The number of nitrogens with zero attached hydrogens (tertiary/aromatic N) is 3. The highest BCUT2D eigenvalue weighted by Crippen LogP contribution is 2.23. The van der Waals surface area contributed by atoms with Gasteiger partial charge in [0, 0.05) is 25.7 Å². The Hall–Kier alpha value is -1.07. The number of hydrogen-bond acceptors (Lipinski definition) is 3. The van der Waals surface area contributed by atoms with Gasteiger partial charge in [0.15, 0.2) is 0 Å². The predicted octanol–water partition coefficient (Wildman–Crippen LogP) is 1.69. The Morgan fingerprint density at radius 1 is 1.58 bits per heavy atom. The van der Waals surface area contributed by atoms with E-state index in [0.29, 0.717) is 29.0 Å². The van der Waals surface area contributed by atoms with Crippen LogP contribution in [0.5, 0.6) is 0 Å². The number of piperidine rings is 1. The Balaban J connectivity index is 2.22. The summed E-state index contributed by atoms with van der Waals surface area (Å²) >= 11 is 6.25. The summed E-state index contributed by atoms with van der Waals surface area (Å²) in [6, 6.07) is 0.373. The molecule has 6 heteroatoms. The van der Waals surface area contributed by atoms with Crippen molar-refractivity contribution in [1.82, 2.24) is 20.0 Å². The molecule has 1 aliphatic heterocycles. The Kier molecular flexibility index (Phi) is 4.47. The van der Waals surface area contributed by atoms with Gasteiger partial charge < -0.3 is 10.2 Å². The van der Waals surface area contributed by atoms with E-state index in [0.717, 1.165) is 25.9 Å². The number of carbonyl (C=O) groups excluding carboxylic acids is 1.